The van der Waals surface area contributed by atoms with Gasteiger partial charge in [-0.25, -0.2) is 14.4 Å². The third kappa shape index (κ3) is 3.18. The predicted molar refractivity (Wildman–Crippen MR) is 82.8 cm³/mol. The number of halogens is 3. The lowest BCUT2D eigenvalue weighted by Crippen LogP contribution is -1.98. The smallest absolute Gasteiger partial charge is 0.314 e. The monoisotopic (exact) mass is 366 g/mol. The van der Waals surface area contributed by atoms with Gasteiger partial charge in [0.2, 0.25) is 0 Å². The van der Waals surface area contributed by atoms with E-state index in [4.69, 9.17) is 4.42 Å². The Morgan fingerprint density at radius 1 is 1.24 bits per heavy atom. The van der Waals surface area contributed by atoms with Crippen molar-refractivity contribution in [3.05, 3.63) is 47.4 Å². The van der Waals surface area contributed by atoms with E-state index in [1.54, 1.807) is 16.7 Å². The Kier molecular flexibility index (Phi) is 3.84. The average Bonchev–Trinajstić information content (AvgIpc) is 3.30. The number of nitrogens with one attached hydrogen (secondary N) is 1. The molecule has 0 unspecified atom stereocenters. The minimum absolute atomic E-state index is 0.00209. The Morgan fingerprint density at radius 3 is 2.92 bits per heavy atom. The maximum atomic E-state index is 13.2. The van der Waals surface area contributed by atoms with Crippen LogP contribution in [0.4, 0.5) is 19.0 Å². The number of alkyl halides is 2. The van der Waals surface area contributed by atoms with Crippen LogP contribution in [-0.2, 0) is 6.54 Å². The average molecular weight is 366 g/mol. The number of aromatic nitrogens is 5. The molecule has 1 N–H and O–H groups in total. The minimum atomic E-state index is -2.81. The molecular formula is C14H9F3N6OS. The zero-order valence-electron chi connectivity index (χ0n) is 12.4. The van der Waals surface area contributed by atoms with Crippen LogP contribution >= 0.6 is 11.3 Å². The van der Waals surface area contributed by atoms with E-state index in [1.165, 1.54) is 29.8 Å². The van der Waals surface area contributed by atoms with Crippen molar-refractivity contribution in [2.45, 2.75) is 13.0 Å². The van der Waals surface area contributed by atoms with Crippen molar-refractivity contribution in [1.29, 1.82) is 0 Å². The maximum Gasteiger partial charge on any atom is 0.314 e. The molecule has 4 heterocycles. The molecule has 4 aromatic rings. The molecule has 0 bridgehead atoms. The lowest BCUT2D eigenvalue weighted by atomic mass is 10.5. The van der Waals surface area contributed by atoms with Gasteiger partial charge < -0.3 is 14.1 Å². The fraction of sp³-hybridized carbons (Fsp3) is 0.143. The van der Waals surface area contributed by atoms with E-state index in [0.29, 0.717) is 27.9 Å². The Labute approximate surface area is 142 Å². The summed E-state index contributed by atoms with van der Waals surface area (Å²) in [5.74, 6) is -0.522. The summed E-state index contributed by atoms with van der Waals surface area (Å²) in [5.41, 5.74) is 0.606. The van der Waals surface area contributed by atoms with Crippen LogP contribution in [0.2, 0.25) is 0 Å². The second kappa shape index (κ2) is 6.16. The van der Waals surface area contributed by atoms with Crippen molar-refractivity contribution in [3.63, 3.8) is 0 Å². The predicted octanol–water partition coefficient (Wildman–Crippen LogP) is 3.53. The first kappa shape index (κ1) is 15.6. The number of imidazole rings is 1. The molecule has 0 aliphatic rings. The molecule has 0 amide bonds. The van der Waals surface area contributed by atoms with Crippen molar-refractivity contribution in [3.8, 4) is 10.8 Å². The highest BCUT2D eigenvalue weighted by Crippen LogP contribution is 2.27. The summed E-state index contributed by atoms with van der Waals surface area (Å²) in [6, 6.07) is 2.90. The number of anilines is 1. The number of thiazole rings is 1. The maximum absolute atomic E-state index is 13.2. The van der Waals surface area contributed by atoms with Crippen LogP contribution in [0.15, 0.2) is 35.1 Å². The van der Waals surface area contributed by atoms with Crippen LogP contribution in [0.3, 0.4) is 0 Å². The lowest BCUT2D eigenvalue weighted by Gasteiger charge is -1.97. The molecule has 0 fully saturated rings. The SMILES string of the molecule is Fc1ccc2nc(NCc3ncc(-c4nnc(C(F)F)o4)s3)cn2c1. The third-order valence-corrected chi connectivity index (χ3v) is 4.21. The molecule has 4 aromatic heterocycles. The Morgan fingerprint density at radius 2 is 2.12 bits per heavy atom. The third-order valence-electron chi connectivity index (χ3n) is 3.23. The second-order valence-electron chi connectivity index (χ2n) is 4.96. The van der Waals surface area contributed by atoms with Crippen molar-refractivity contribution in [2.24, 2.45) is 0 Å². The van der Waals surface area contributed by atoms with Crippen LogP contribution in [-0.4, -0.2) is 24.6 Å². The summed E-state index contributed by atoms with van der Waals surface area (Å²) >= 11 is 1.23. The zero-order valence-corrected chi connectivity index (χ0v) is 13.2. The number of fused-ring (bicyclic) bond motifs is 1. The van der Waals surface area contributed by atoms with E-state index >= 15 is 0 Å². The van der Waals surface area contributed by atoms with E-state index in [9.17, 15) is 13.2 Å². The molecule has 7 nitrogen and oxygen atoms in total. The van der Waals surface area contributed by atoms with E-state index in [2.05, 4.69) is 25.5 Å². The van der Waals surface area contributed by atoms with Gasteiger partial charge in [0.25, 0.3) is 11.8 Å². The van der Waals surface area contributed by atoms with Crippen molar-refractivity contribution < 1.29 is 17.6 Å². The zero-order chi connectivity index (χ0) is 17.4. The van der Waals surface area contributed by atoms with Crippen molar-refractivity contribution >= 4 is 22.8 Å². The molecule has 0 saturated heterocycles. The first-order chi connectivity index (χ1) is 12.1. The molecule has 0 spiro atoms. The highest BCUT2D eigenvalue weighted by molar-refractivity contribution is 7.15. The van der Waals surface area contributed by atoms with Gasteiger partial charge in [-0.05, 0) is 12.1 Å². The van der Waals surface area contributed by atoms with Crippen LogP contribution < -0.4 is 5.32 Å². The van der Waals surface area contributed by atoms with Gasteiger partial charge in [0.05, 0.1) is 18.9 Å². The number of nitrogens with zero attached hydrogens (tertiary/aromatic N) is 5. The van der Waals surface area contributed by atoms with Gasteiger partial charge in [-0.1, -0.05) is 0 Å². The Bertz CT molecular complexity index is 1030. The fourth-order valence-corrected chi connectivity index (χ4v) is 2.91. The molecule has 0 aliphatic carbocycles. The topological polar surface area (TPSA) is 81.1 Å². The number of hydrogen-bond donors (Lipinski definition) is 1. The van der Waals surface area contributed by atoms with Gasteiger partial charge in [0, 0.05) is 6.20 Å². The molecule has 0 atom stereocenters. The standard InChI is InChI=1S/C14H9F3N6OS/c15-7-1-2-10-20-9(6-23(10)5-7)18-4-11-19-3-8(25-11)13-21-22-14(24-13)12(16)17/h1-3,5-6,12,18H,4H2. The van der Waals surface area contributed by atoms with E-state index < -0.39 is 12.3 Å². The first-order valence-electron chi connectivity index (χ1n) is 7.03. The molecular weight excluding hydrogens is 357 g/mol. The molecule has 0 saturated carbocycles. The summed E-state index contributed by atoms with van der Waals surface area (Å²) in [6.07, 6.45) is 1.64. The highest BCUT2D eigenvalue weighted by Gasteiger charge is 2.18. The largest absolute Gasteiger partial charge is 0.414 e. The molecule has 11 heteroatoms. The van der Waals surface area contributed by atoms with E-state index in [-0.39, 0.29) is 11.7 Å². The summed E-state index contributed by atoms with van der Waals surface area (Å²) < 4.78 is 44.6. The normalized spacial score (nSPS) is 11.5. The summed E-state index contributed by atoms with van der Waals surface area (Å²) in [6.45, 7) is 0.354. The summed E-state index contributed by atoms with van der Waals surface area (Å²) in [4.78, 5) is 8.96. The van der Waals surface area contributed by atoms with Crippen molar-refractivity contribution in [2.75, 3.05) is 5.32 Å². The van der Waals surface area contributed by atoms with Gasteiger partial charge >= 0.3 is 6.43 Å². The van der Waals surface area contributed by atoms with Crippen molar-refractivity contribution in [1.82, 2.24) is 24.6 Å². The van der Waals surface area contributed by atoms with Crippen LogP contribution in [0.5, 0.6) is 0 Å². The number of hydrogen-bond acceptors (Lipinski definition) is 7. The second-order valence-corrected chi connectivity index (χ2v) is 6.07. The first-order valence-corrected chi connectivity index (χ1v) is 7.85. The van der Waals surface area contributed by atoms with Gasteiger partial charge in [-0.3, -0.25) is 0 Å². The molecule has 128 valence electrons. The van der Waals surface area contributed by atoms with Gasteiger partial charge in [0.1, 0.15) is 27.2 Å². The molecule has 0 aromatic carbocycles. The molecule has 25 heavy (non-hydrogen) atoms. The Balaban J connectivity index is 1.46. The summed E-state index contributed by atoms with van der Waals surface area (Å²) in [5, 5.41) is 10.6. The van der Waals surface area contributed by atoms with E-state index in [1.807, 2.05) is 0 Å². The van der Waals surface area contributed by atoms with Gasteiger partial charge in [-0.2, -0.15) is 8.78 Å². The summed E-state index contributed by atoms with van der Waals surface area (Å²) in [7, 11) is 0. The number of pyridine rings is 1. The van der Waals surface area contributed by atoms with Crippen LogP contribution in [0.25, 0.3) is 16.4 Å². The molecule has 4 rings (SSSR count). The molecule has 0 aliphatic heterocycles. The quantitative estimate of drug-likeness (QED) is 0.582. The molecule has 0 radical (unpaired) electrons. The highest BCUT2D eigenvalue weighted by atomic mass is 32.1. The minimum Gasteiger partial charge on any atom is -0.414 e. The van der Waals surface area contributed by atoms with E-state index in [0.717, 1.165) is 0 Å². The van der Waals surface area contributed by atoms with Gasteiger partial charge in [-0.15, -0.1) is 21.5 Å². The van der Waals surface area contributed by atoms with Crippen LogP contribution in [0, 0.1) is 5.82 Å². The van der Waals surface area contributed by atoms with Crippen LogP contribution in [0.1, 0.15) is 17.3 Å². The lowest BCUT2D eigenvalue weighted by molar-refractivity contribution is 0.116. The Hall–Kier alpha value is -2.95. The number of rotatable bonds is 5. The van der Waals surface area contributed by atoms with Gasteiger partial charge in [0.15, 0.2) is 0 Å². The fourth-order valence-electron chi connectivity index (χ4n) is 2.13.